The number of rotatable bonds is 2. The Morgan fingerprint density at radius 2 is 1.50 bits per heavy atom. The van der Waals surface area contributed by atoms with Crippen molar-refractivity contribution < 1.29 is 0 Å². The summed E-state index contributed by atoms with van der Waals surface area (Å²) in [6, 6.07) is 21.1. The first-order chi connectivity index (χ1) is 9.74. The molecule has 0 fully saturated rings. The molecule has 0 bridgehead atoms. The van der Waals surface area contributed by atoms with Gasteiger partial charge in [-0.1, -0.05) is 60.2 Å². The zero-order chi connectivity index (χ0) is 13.9. The van der Waals surface area contributed by atoms with Gasteiger partial charge in [-0.05, 0) is 36.6 Å². The summed E-state index contributed by atoms with van der Waals surface area (Å²) in [4.78, 5) is 4.56. The Hall–Kier alpha value is -2.41. The van der Waals surface area contributed by atoms with Crippen LogP contribution in [-0.2, 0) is 0 Å². The van der Waals surface area contributed by atoms with E-state index in [2.05, 4.69) is 61.3 Å². The van der Waals surface area contributed by atoms with Gasteiger partial charge in [-0.15, -0.1) is 0 Å². The van der Waals surface area contributed by atoms with Crippen molar-refractivity contribution in [2.24, 2.45) is 0 Å². The summed E-state index contributed by atoms with van der Waals surface area (Å²) in [5.74, 6) is 0. The maximum atomic E-state index is 4.56. The number of hydrogen-bond acceptors (Lipinski definition) is 1. The summed E-state index contributed by atoms with van der Waals surface area (Å²) in [6.07, 6.45) is 1.96. The van der Waals surface area contributed by atoms with E-state index in [1.54, 1.807) is 0 Å². The Labute approximate surface area is 119 Å². The molecule has 0 radical (unpaired) electrons. The molecular weight excluding hydrogens is 242 g/mol. The third kappa shape index (κ3) is 2.48. The molecule has 1 heteroatoms. The minimum absolute atomic E-state index is 1.02. The van der Waals surface area contributed by atoms with Gasteiger partial charge in [-0.25, -0.2) is 0 Å². The van der Waals surface area contributed by atoms with Gasteiger partial charge in [-0.2, -0.15) is 0 Å². The van der Waals surface area contributed by atoms with Crippen molar-refractivity contribution in [3.8, 4) is 22.4 Å². The van der Waals surface area contributed by atoms with Crippen molar-refractivity contribution in [3.63, 3.8) is 0 Å². The van der Waals surface area contributed by atoms with Gasteiger partial charge < -0.3 is 0 Å². The fourth-order valence-corrected chi connectivity index (χ4v) is 2.41. The SMILES string of the molecule is Cc1cccc(-c2cc(-c3ccccc3)ncc2C)c1. The van der Waals surface area contributed by atoms with Crippen LogP contribution in [-0.4, -0.2) is 4.98 Å². The fraction of sp³-hybridized carbons (Fsp3) is 0.105. The van der Waals surface area contributed by atoms with E-state index in [4.69, 9.17) is 0 Å². The van der Waals surface area contributed by atoms with E-state index < -0.39 is 0 Å². The average molecular weight is 259 g/mol. The van der Waals surface area contributed by atoms with Gasteiger partial charge in [0.2, 0.25) is 0 Å². The molecule has 1 nitrogen and oxygen atoms in total. The minimum atomic E-state index is 1.02. The number of aryl methyl sites for hydroxylation is 2. The van der Waals surface area contributed by atoms with E-state index in [-0.39, 0.29) is 0 Å². The van der Waals surface area contributed by atoms with E-state index in [1.807, 2.05) is 24.4 Å². The van der Waals surface area contributed by atoms with Crippen LogP contribution in [0.15, 0.2) is 66.9 Å². The summed E-state index contributed by atoms with van der Waals surface area (Å²) in [6.45, 7) is 4.23. The molecule has 0 saturated carbocycles. The first-order valence-corrected chi connectivity index (χ1v) is 6.83. The minimum Gasteiger partial charge on any atom is -0.256 e. The highest BCUT2D eigenvalue weighted by atomic mass is 14.7. The lowest BCUT2D eigenvalue weighted by Crippen LogP contribution is -1.90. The highest BCUT2D eigenvalue weighted by molar-refractivity contribution is 5.73. The smallest absolute Gasteiger partial charge is 0.0708 e. The number of benzene rings is 2. The van der Waals surface area contributed by atoms with Crippen LogP contribution >= 0.6 is 0 Å². The molecule has 98 valence electrons. The van der Waals surface area contributed by atoms with Crippen LogP contribution in [0, 0.1) is 13.8 Å². The maximum Gasteiger partial charge on any atom is 0.0708 e. The largest absolute Gasteiger partial charge is 0.256 e. The summed E-state index contributed by atoms with van der Waals surface area (Å²) >= 11 is 0. The fourth-order valence-electron chi connectivity index (χ4n) is 2.41. The average Bonchev–Trinajstić information content (AvgIpc) is 2.48. The molecule has 0 aliphatic heterocycles. The second kappa shape index (κ2) is 5.30. The normalized spacial score (nSPS) is 10.5. The summed E-state index contributed by atoms with van der Waals surface area (Å²) in [5, 5.41) is 0. The molecule has 3 aromatic rings. The van der Waals surface area contributed by atoms with Crippen LogP contribution in [0.5, 0.6) is 0 Å². The van der Waals surface area contributed by atoms with Gasteiger partial charge in [0.15, 0.2) is 0 Å². The molecule has 0 aliphatic rings. The molecule has 0 unspecified atom stereocenters. The number of nitrogens with zero attached hydrogens (tertiary/aromatic N) is 1. The van der Waals surface area contributed by atoms with Crippen molar-refractivity contribution in [1.82, 2.24) is 4.98 Å². The number of aromatic nitrogens is 1. The highest BCUT2D eigenvalue weighted by Gasteiger charge is 2.06. The first-order valence-electron chi connectivity index (χ1n) is 6.83. The molecule has 0 spiro atoms. The quantitative estimate of drug-likeness (QED) is 0.628. The second-order valence-electron chi connectivity index (χ2n) is 5.12. The Kier molecular flexibility index (Phi) is 3.34. The Balaban J connectivity index is 2.12. The Morgan fingerprint density at radius 1 is 0.750 bits per heavy atom. The predicted molar refractivity (Wildman–Crippen MR) is 84.6 cm³/mol. The molecule has 3 rings (SSSR count). The summed E-state index contributed by atoms with van der Waals surface area (Å²) < 4.78 is 0. The lowest BCUT2D eigenvalue weighted by molar-refractivity contribution is 1.27. The molecule has 0 amide bonds. The topological polar surface area (TPSA) is 12.9 Å². The zero-order valence-corrected chi connectivity index (χ0v) is 11.8. The first kappa shape index (κ1) is 12.6. The van der Waals surface area contributed by atoms with E-state index in [9.17, 15) is 0 Å². The van der Waals surface area contributed by atoms with E-state index >= 15 is 0 Å². The van der Waals surface area contributed by atoms with Gasteiger partial charge in [0.05, 0.1) is 5.69 Å². The molecular formula is C19H17N. The third-order valence-electron chi connectivity index (χ3n) is 3.50. The van der Waals surface area contributed by atoms with E-state index in [0.717, 1.165) is 11.3 Å². The third-order valence-corrected chi connectivity index (χ3v) is 3.50. The maximum absolute atomic E-state index is 4.56. The molecule has 1 aromatic heterocycles. The molecule has 2 aromatic carbocycles. The number of hydrogen-bond donors (Lipinski definition) is 0. The van der Waals surface area contributed by atoms with Crippen LogP contribution in [0.4, 0.5) is 0 Å². The van der Waals surface area contributed by atoms with Gasteiger partial charge in [-0.3, -0.25) is 4.98 Å². The molecule has 0 atom stereocenters. The Bertz CT molecular complexity index is 730. The zero-order valence-electron chi connectivity index (χ0n) is 11.8. The van der Waals surface area contributed by atoms with Gasteiger partial charge in [0.1, 0.15) is 0 Å². The van der Waals surface area contributed by atoms with Crippen molar-refractivity contribution in [2.45, 2.75) is 13.8 Å². The van der Waals surface area contributed by atoms with E-state index in [1.165, 1.54) is 22.3 Å². The van der Waals surface area contributed by atoms with E-state index in [0.29, 0.717) is 0 Å². The summed E-state index contributed by atoms with van der Waals surface area (Å²) in [7, 11) is 0. The van der Waals surface area contributed by atoms with Crippen LogP contribution < -0.4 is 0 Å². The predicted octanol–water partition coefficient (Wildman–Crippen LogP) is 5.03. The van der Waals surface area contributed by atoms with Gasteiger partial charge >= 0.3 is 0 Å². The monoisotopic (exact) mass is 259 g/mol. The highest BCUT2D eigenvalue weighted by Crippen LogP contribution is 2.27. The van der Waals surface area contributed by atoms with Crippen molar-refractivity contribution in [3.05, 3.63) is 78.0 Å². The van der Waals surface area contributed by atoms with Gasteiger partial charge in [0, 0.05) is 11.8 Å². The van der Waals surface area contributed by atoms with Crippen molar-refractivity contribution in [2.75, 3.05) is 0 Å². The lowest BCUT2D eigenvalue weighted by Gasteiger charge is -2.09. The summed E-state index contributed by atoms with van der Waals surface area (Å²) in [5.41, 5.74) is 7.16. The lowest BCUT2D eigenvalue weighted by atomic mass is 9.98. The standard InChI is InChI=1S/C19H17N/c1-14-7-6-10-17(11-14)18-12-19(20-13-15(18)2)16-8-4-3-5-9-16/h3-13H,1-2H3. The van der Waals surface area contributed by atoms with Crippen LogP contribution in [0.2, 0.25) is 0 Å². The van der Waals surface area contributed by atoms with Crippen LogP contribution in [0.3, 0.4) is 0 Å². The van der Waals surface area contributed by atoms with Gasteiger partial charge in [0.25, 0.3) is 0 Å². The molecule has 0 aliphatic carbocycles. The molecule has 0 saturated heterocycles. The van der Waals surface area contributed by atoms with Crippen LogP contribution in [0.1, 0.15) is 11.1 Å². The molecule has 20 heavy (non-hydrogen) atoms. The molecule has 0 N–H and O–H groups in total. The second-order valence-corrected chi connectivity index (χ2v) is 5.12. The molecule has 1 heterocycles. The van der Waals surface area contributed by atoms with Crippen molar-refractivity contribution >= 4 is 0 Å². The Morgan fingerprint density at radius 3 is 2.25 bits per heavy atom. The number of pyridine rings is 1. The van der Waals surface area contributed by atoms with Crippen molar-refractivity contribution in [1.29, 1.82) is 0 Å². The van der Waals surface area contributed by atoms with Crippen LogP contribution in [0.25, 0.3) is 22.4 Å².